The molecule has 1 aromatic rings. The van der Waals surface area contributed by atoms with Crippen LogP contribution in [-0.2, 0) is 6.54 Å². The third-order valence-corrected chi connectivity index (χ3v) is 3.27. The van der Waals surface area contributed by atoms with Crippen molar-refractivity contribution in [2.75, 3.05) is 39.1 Å². The van der Waals surface area contributed by atoms with Gasteiger partial charge in [0.05, 0.1) is 5.69 Å². The van der Waals surface area contributed by atoms with Crippen LogP contribution in [0, 0.1) is 0 Å². The van der Waals surface area contributed by atoms with E-state index in [0.717, 1.165) is 25.2 Å². The first-order chi connectivity index (χ1) is 8.56. The summed E-state index contributed by atoms with van der Waals surface area (Å²) >= 11 is 0. The molecule has 1 saturated heterocycles. The lowest BCUT2D eigenvalue weighted by atomic mass is 10.2. The molecule has 1 aliphatic heterocycles. The molecule has 1 fully saturated rings. The van der Waals surface area contributed by atoms with E-state index in [1.807, 2.05) is 19.0 Å². The van der Waals surface area contributed by atoms with Crippen LogP contribution in [0.3, 0.4) is 0 Å². The normalized spacial score (nSPS) is 17.5. The zero-order chi connectivity index (χ0) is 13.1. The Morgan fingerprint density at radius 1 is 1.35 bits per heavy atom. The van der Waals surface area contributed by atoms with Crippen LogP contribution in [-0.4, -0.2) is 55.1 Å². The fourth-order valence-electron chi connectivity index (χ4n) is 2.19. The zero-order valence-corrected chi connectivity index (χ0v) is 13.7. The number of aromatic amines is 1. The predicted molar refractivity (Wildman–Crippen MR) is 86.4 cm³/mol. The third kappa shape index (κ3) is 4.94. The highest BCUT2D eigenvalue weighted by Gasteiger charge is 2.19. The Morgan fingerprint density at radius 3 is 2.60 bits per heavy atom. The van der Waals surface area contributed by atoms with E-state index < -0.39 is 0 Å². The van der Waals surface area contributed by atoms with Crippen LogP contribution in [0.4, 0.5) is 5.95 Å². The standard InChI is InChI=1S/C12H21N5O.2ClH/c1-16(2)12-14-9(6-11(18)15-12)8-17(3)10-4-5-13-7-10;;/h6,10,13H,4-5,7-8H2,1-3H3,(H,14,15,18);2*1H. The van der Waals surface area contributed by atoms with Gasteiger partial charge < -0.3 is 10.2 Å². The summed E-state index contributed by atoms with van der Waals surface area (Å²) < 4.78 is 0. The lowest BCUT2D eigenvalue weighted by molar-refractivity contribution is 0.246. The second-order valence-corrected chi connectivity index (χ2v) is 5.02. The number of aromatic nitrogens is 2. The second kappa shape index (κ2) is 8.46. The highest BCUT2D eigenvalue weighted by Crippen LogP contribution is 2.10. The Balaban J connectivity index is 0.00000180. The molecule has 20 heavy (non-hydrogen) atoms. The van der Waals surface area contributed by atoms with E-state index in [1.165, 1.54) is 0 Å². The number of halogens is 2. The maximum Gasteiger partial charge on any atom is 0.252 e. The summed E-state index contributed by atoms with van der Waals surface area (Å²) in [6, 6.07) is 2.11. The minimum Gasteiger partial charge on any atom is -0.348 e. The molecule has 1 atom stereocenters. The monoisotopic (exact) mass is 323 g/mol. The van der Waals surface area contributed by atoms with Crippen molar-refractivity contribution in [3.8, 4) is 0 Å². The van der Waals surface area contributed by atoms with Crippen molar-refractivity contribution in [2.45, 2.75) is 19.0 Å². The van der Waals surface area contributed by atoms with Crippen LogP contribution in [0.1, 0.15) is 12.1 Å². The number of hydrogen-bond donors (Lipinski definition) is 2. The Labute approximate surface area is 131 Å². The van der Waals surface area contributed by atoms with Crippen molar-refractivity contribution >= 4 is 30.8 Å². The quantitative estimate of drug-likeness (QED) is 0.843. The zero-order valence-electron chi connectivity index (χ0n) is 12.0. The van der Waals surface area contributed by atoms with E-state index in [0.29, 0.717) is 18.5 Å². The number of nitrogens with zero attached hydrogens (tertiary/aromatic N) is 3. The first-order valence-corrected chi connectivity index (χ1v) is 6.25. The number of H-pyrrole nitrogens is 1. The SMILES string of the molecule is CN(C)c1nc(CN(C)C2CCNC2)cc(=O)[nH]1.Cl.Cl. The van der Waals surface area contributed by atoms with Gasteiger partial charge >= 0.3 is 0 Å². The van der Waals surface area contributed by atoms with Gasteiger partial charge in [-0.3, -0.25) is 14.7 Å². The Hall–Kier alpha value is -0.820. The van der Waals surface area contributed by atoms with Crippen molar-refractivity contribution in [1.29, 1.82) is 0 Å². The van der Waals surface area contributed by atoms with Gasteiger partial charge in [-0.25, -0.2) is 4.98 Å². The van der Waals surface area contributed by atoms with Crippen molar-refractivity contribution in [3.05, 3.63) is 22.1 Å². The van der Waals surface area contributed by atoms with E-state index >= 15 is 0 Å². The molecule has 2 rings (SSSR count). The van der Waals surface area contributed by atoms with Crippen LogP contribution in [0.5, 0.6) is 0 Å². The third-order valence-electron chi connectivity index (χ3n) is 3.27. The van der Waals surface area contributed by atoms with Gasteiger partial charge in [-0.05, 0) is 20.0 Å². The summed E-state index contributed by atoms with van der Waals surface area (Å²) in [6.45, 7) is 2.79. The maximum atomic E-state index is 11.6. The average Bonchev–Trinajstić information content (AvgIpc) is 2.81. The van der Waals surface area contributed by atoms with Gasteiger partial charge in [0.2, 0.25) is 5.95 Å². The summed E-state index contributed by atoms with van der Waals surface area (Å²) in [5.74, 6) is 0.607. The number of rotatable bonds is 4. The molecule has 116 valence electrons. The van der Waals surface area contributed by atoms with Gasteiger partial charge in [0.15, 0.2) is 0 Å². The van der Waals surface area contributed by atoms with Gasteiger partial charge in [0.1, 0.15) is 0 Å². The second-order valence-electron chi connectivity index (χ2n) is 5.02. The molecule has 0 amide bonds. The Kier molecular flexibility index (Phi) is 8.12. The van der Waals surface area contributed by atoms with E-state index in [-0.39, 0.29) is 30.4 Å². The lowest BCUT2D eigenvalue weighted by Crippen LogP contribution is -2.33. The number of anilines is 1. The Morgan fingerprint density at radius 2 is 2.05 bits per heavy atom. The van der Waals surface area contributed by atoms with Gasteiger partial charge in [-0.2, -0.15) is 0 Å². The van der Waals surface area contributed by atoms with Crippen LogP contribution in [0.2, 0.25) is 0 Å². The van der Waals surface area contributed by atoms with Gasteiger partial charge in [0.25, 0.3) is 5.56 Å². The van der Waals surface area contributed by atoms with Crippen LogP contribution >= 0.6 is 24.8 Å². The maximum absolute atomic E-state index is 11.6. The fourth-order valence-corrected chi connectivity index (χ4v) is 2.19. The molecule has 0 aliphatic carbocycles. The molecular formula is C12H23Cl2N5O. The van der Waals surface area contributed by atoms with Gasteiger partial charge in [0, 0.05) is 39.3 Å². The highest BCUT2D eigenvalue weighted by atomic mass is 35.5. The van der Waals surface area contributed by atoms with Crippen molar-refractivity contribution in [2.24, 2.45) is 0 Å². The predicted octanol–water partition coefficient (Wildman–Crippen LogP) is 0.473. The van der Waals surface area contributed by atoms with Crippen molar-refractivity contribution in [3.63, 3.8) is 0 Å². The van der Waals surface area contributed by atoms with E-state index in [2.05, 4.69) is 27.2 Å². The lowest BCUT2D eigenvalue weighted by Gasteiger charge is -2.23. The molecular weight excluding hydrogens is 301 g/mol. The molecule has 2 N–H and O–H groups in total. The molecule has 6 nitrogen and oxygen atoms in total. The summed E-state index contributed by atoms with van der Waals surface area (Å²) in [4.78, 5) is 22.8. The number of nitrogens with one attached hydrogen (secondary N) is 2. The molecule has 8 heteroatoms. The molecule has 0 bridgehead atoms. The number of likely N-dealkylation sites (N-methyl/N-ethyl adjacent to an activating group) is 1. The molecule has 1 unspecified atom stereocenters. The minimum atomic E-state index is -0.0957. The van der Waals surface area contributed by atoms with Crippen molar-refractivity contribution in [1.82, 2.24) is 20.2 Å². The first-order valence-electron chi connectivity index (χ1n) is 6.25. The topological polar surface area (TPSA) is 64.3 Å². The summed E-state index contributed by atoms with van der Waals surface area (Å²) in [6.07, 6.45) is 1.15. The number of hydrogen-bond acceptors (Lipinski definition) is 5. The molecule has 1 aliphatic rings. The van der Waals surface area contributed by atoms with E-state index in [1.54, 1.807) is 6.07 Å². The fraction of sp³-hybridized carbons (Fsp3) is 0.667. The van der Waals surface area contributed by atoms with Crippen LogP contribution in [0.25, 0.3) is 0 Å². The summed E-state index contributed by atoms with van der Waals surface area (Å²) in [7, 11) is 5.81. The molecule has 2 heterocycles. The molecule has 0 aromatic carbocycles. The molecule has 0 spiro atoms. The molecule has 0 saturated carbocycles. The largest absolute Gasteiger partial charge is 0.348 e. The first kappa shape index (κ1) is 19.2. The van der Waals surface area contributed by atoms with Gasteiger partial charge in [-0.1, -0.05) is 0 Å². The Bertz CT molecular complexity index is 459. The molecule has 1 aromatic heterocycles. The summed E-state index contributed by atoms with van der Waals surface area (Å²) in [5.41, 5.74) is 0.721. The van der Waals surface area contributed by atoms with Crippen LogP contribution in [0.15, 0.2) is 10.9 Å². The van der Waals surface area contributed by atoms with Crippen LogP contribution < -0.4 is 15.8 Å². The van der Waals surface area contributed by atoms with Gasteiger partial charge in [-0.15, -0.1) is 24.8 Å². The molecule has 0 radical (unpaired) electrons. The van der Waals surface area contributed by atoms with E-state index in [4.69, 9.17) is 0 Å². The summed E-state index contributed by atoms with van der Waals surface area (Å²) in [5, 5.41) is 3.34. The average molecular weight is 324 g/mol. The van der Waals surface area contributed by atoms with Crippen molar-refractivity contribution < 1.29 is 0 Å². The smallest absolute Gasteiger partial charge is 0.252 e. The minimum absolute atomic E-state index is 0. The van der Waals surface area contributed by atoms with E-state index in [9.17, 15) is 4.79 Å². The highest BCUT2D eigenvalue weighted by molar-refractivity contribution is 5.85.